The first-order valence-corrected chi connectivity index (χ1v) is 9.59. The van der Waals surface area contributed by atoms with Gasteiger partial charge in [0, 0.05) is 41.7 Å². The van der Waals surface area contributed by atoms with Crippen molar-refractivity contribution in [3.05, 3.63) is 54.2 Å². The fraction of sp³-hybridized carbons (Fsp3) is 0.273. The number of amides is 2. The second-order valence-corrected chi connectivity index (χ2v) is 7.08. The van der Waals surface area contributed by atoms with Crippen LogP contribution in [-0.4, -0.2) is 43.6 Å². The van der Waals surface area contributed by atoms with Crippen LogP contribution in [0.3, 0.4) is 0 Å². The van der Waals surface area contributed by atoms with E-state index in [9.17, 15) is 9.59 Å². The van der Waals surface area contributed by atoms with Gasteiger partial charge in [-0.05, 0) is 11.6 Å². The van der Waals surface area contributed by atoms with Crippen LogP contribution in [0.25, 0.3) is 10.9 Å². The monoisotopic (exact) mass is 394 g/mol. The molecule has 29 heavy (non-hydrogen) atoms. The number of anilines is 1. The summed E-state index contributed by atoms with van der Waals surface area (Å²) in [5.41, 5.74) is 2.79. The normalized spacial score (nSPS) is 16.6. The van der Waals surface area contributed by atoms with Gasteiger partial charge in [0.15, 0.2) is 6.04 Å². The number of carbonyl (C=O) groups is 2. The van der Waals surface area contributed by atoms with Gasteiger partial charge in [-0.25, -0.2) is 4.90 Å². The maximum atomic E-state index is 12.9. The lowest BCUT2D eigenvalue weighted by Crippen LogP contribution is -2.92. The second-order valence-electron chi connectivity index (χ2n) is 7.08. The highest BCUT2D eigenvalue weighted by atomic mass is 16.5. The molecule has 4 rings (SSSR count). The number of ether oxygens (including phenoxy) is 2. The fourth-order valence-electron chi connectivity index (χ4n) is 3.81. The largest absolute Gasteiger partial charge is 0.497 e. The van der Waals surface area contributed by atoms with E-state index in [4.69, 9.17) is 9.47 Å². The van der Waals surface area contributed by atoms with Gasteiger partial charge >= 0.3 is 0 Å². The van der Waals surface area contributed by atoms with Crippen LogP contribution >= 0.6 is 0 Å². The number of imide groups is 1. The van der Waals surface area contributed by atoms with E-state index in [1.807, 2.05) is 29.7 Å². The number of nitrogens with one attached hydrogen (secondary N) is 1. The number of rotatable bonds is 7. The molecule has 0 saturated carbocycles. The molecule has 1 fully saturated rings. The van der Waals surface area contributed by atoms with Crippen LogP contribution in [-0.2, 0) is 16.0 Å². The Morgan fingerprint density at radius 1 is 1.10 bits per heavy atom. The standard InChI is InChI=1S/C22H23N3O4/c1-28-16-9-15(10-17(11-16)29-2)25-21(26)12-20(22(25)27)23-8-7-14-13-24-19-6-4-3-5-18(14)19/h3-6,9-11,13,20,23-24H,7-8,12H2,1-2H3/p+1/t20-/m0/s1. The Kier molecular flexibility index (Phi) is 5.22. The number of aromatic amines is 1. The molecule has 0 spiro atoms. The average molecular weight is 394 g/mol. The second kappa shape index (κ2) is 7.97. The molecule has 2 aromatic carbocycles. The molecule has 3 aromatic rings. The predicted octanol–water partition coefficient (Wildman–Crippen LogP) is 1.62. The van der Waals surface area contributed by atoms with Crippen molar-refractivity contribution in [2.45, 2.75) is 18.9 Å². The SMILES string of the molecule is COc1cc(OC)cc(N2C(=O)C[C@H]([NH2+]CCc3c[nH]c4ccccc34)C2=O)c1. The van der Waals surface area contributed by atoms with E-state index < -0.39 is 6.04 Å². The lowest BCUT2D eigenvalue weighted by atomic mass is 10.1. The minimum absolute atomic E-state index is 0.187. The van der Waals surface area contributed by atoms with E-state index >= 15 is 0 Å². The number of quaternary nitrogens is 1. The number of hydrogen-bond donors (Lipinski definition) is 2. The molecule has 7 heteroatoms. The fourth-order valence-corrected chi connectivity index (χ4v) is 3.81. The van der Waals surface area contributed by atoms with E-state index in [0.29, 0.717) is 17.2 Å². The number of fused-ring (bicyclic) bond motifs is 1. The zero-order valence-corrected chi connectivity index (χ0v) is 16.5. The summed E-state index contributed by atoms with van der Waals surface area (Å²) in [6, 6.07) is 12.8. The molecule has 1 aliphatic heterocycles. The van der Waals surface area contributed by atoms with Gasteiger partial charge < -0.3 is 19.8 Å². The molecular weight excluding hydrogens is 370 g/mol. The minimum atomic E-state index is -0.412. The molecule has 0 radical (unpaired) electrons. The zero-order chi connectivity index (χ0) is 20.4. The van der Waals surface area contributed by atoms with Gasteiger partial charge in [0.25, 0.3) is 5.91 Å². The summed E-state index contributed by atoms with van der Waals surface area (Å²) in [4.78, 5) is 30.0. The molecule has 1 atom stereocenters. The molecule has 1 aliphatic rings. The van der Waals surface area contributed by atoms with Crippen LogP contribution in [0.2, 0.25) is 0 Å². The topological polar surface area (TPSA) is 88.2 Å². The van der Waals surface area contributed by atoms with Crippen molar-refractivity contribution >= 4 is 28.4 Å². The van der Waals surface area contributed by atoms with E-state index in [0.717, 1.165) is 18.5 Å². The summed E-state index contributed by atoms with van der Waals surface area (Å²) < 4.78 is 10.5. The number of H-pyrrole nitrogens is 1. The van der Waals surface area contributed by atoms with E-state index in [2.05, 4.69) is 11.1 Å². The number of nitrogens with zero attached hydrogens (tertiary/aromatic N) is 1. The third kappa shape index (κ3) is 3.69. The molecule has 2 heterocycles. The van der Waals surface area contributed by atoms with Crippen molar-refractivity contribution in [3.8, 4) is 11.5 Å². The van der Waals surface area contributed by atoms with E-state index in [-0.39, 0.29) is 18.2 Å². The Balaban J connectivity index is 1.44. The highest BCUT2D eigenvalue weighted by Gasteiger charge is 2.42. The Morgan fingerprint density at radius 2 is 1.83 bits per heavy atom. The molecule has 1 aromatic heterocycles. The highest BCUT2D eigenvalue weighted by Crippen LogP contribution is 2.31. The van der Waals surface area contributed by atoms with Crippen LogP contribution in [0.15, 0.2) is 48.7 Å². The van der Waals surface area contributed by atoms with Gasteiger partial charge in [-0.1, -0.05) is 18.2 Å². The van der Waals surface area contributed by atoms with Crippen LogP contribution in [0.1, 0.15) is 12.0 Å². The van der Waals surface area contributed by atoms with Gasteiger partial charge in [-0.2, -0.15) is 0 Å². The first kappa shape index (κ1) is 19.0. The Labute approximate surface area is 168 Å². The first-order valence-electron chi connectivity index (χ1n) is 9.59. The number of para-hydroxylation sites is 1. The Morgan fingerprint density at radius 3 is 2.55 bits per heavy atom. The van der Waals surface area contributed by atoms with Crippen LogP contribution < -0.4 is 19.7 Å². The van der Waals surface area contributed by atoms with Crippen LogP contribution in [0.4, 0.5) is 5.69 Å². The van der Waals surface area contributed by atoms with Crippen LogP contribution in [0.5, 0.6) is 11.5 Å². The quantitative estimate of drug-likeness (QED) is 0.596. The van der Waals surface area contributed by atoms with E-state index in [1.165, 1.54) is 30.1 Å². The molecule has 150 valence electrons. The third-order valence-electron chi connectivity index (χ3n) is 5.32. The molecule has 1 saturated heterocycles. The summed E-state index contributed by atoms with van der Waals surface area (Å²) in [6.07, 6.45) is 3.01. The lowest BCUT2D eigenvalue weighted by molar-refractivity contribution is -0.674. The molecule has 0 unspecified atom stereocenters. The number of benzene rings is 2. The predicted molar refractivity (Wildman–Crippen MR) is 109 cm³/mol. The van der Waals surface area contributed by atoms with E-state index in [1.54, 1.807) is 18.2 Å². The summed E-state index contributed by atoms with van der Waals surface area (Å²) in [7, 11) is 3.07. The Hall–Kier alpha value is -3.32. The summed E-state index contributed by atoms with van der Waals surface area (Å²) >= 11 is 0. The molecule has 2 amide bonds. The van der Waals surface area contributed by atoms with Crippen molar-refractivity contribution in [2.75, 3.05) is 25.7 Å². The van der Waals surface area contributed by atoms with Crippen molar-refractivity contribution in [1.82, 2.24) is 4.98 Å². The number of nitrogens with two attached hydrogens (primary N) is 1. The first-order chi connectivity index (χ1) is 14.1. The molecule has 0 aliphatic carbocycles. The van der Waals surface area contributed by atoms with Crippen molar-refractivity contribution in [3.63, 3.8) is 0 Å². The summed E-state index contributed by atoms with van der Waals surface area (Å²) in [5, 5.41) is 3.15. The lowest BCUT2D eigenvalue weighted by Gasteiger charge is -2.16. The van der Waals surface area contributed by atoms with Crippen molar-refractivity contribution in [2.24, 2.45) is 0 Å². The minimum Gasteiger partial charge on any atom is -0.497 e. The number of hydrogen-bond acceptors (Lipinski definition) is 4. The highest BCUT2D eigenvalue weighted by molar-refractivity contribution is 6.22. The maximum Gasteiger partial charge on any atom is 0.292 e. The maximum absolute atomic E-state index is 12.9. The van der Waals surface area contributed by atoms with Gasteiger partial charge in [-0.15, -0.1) is 0 Å². The molecule has 3 N–H and O–H groups in total. The van der Waals surface area contributed by atoms with Gasteiger partial charge in [-0.3, -0.25) is 9.59 Å². The summed E-state index contributed by atoms with van der Waals surface area (Å²) in [5.74, 6) is 0.654. The zero-order valence-electron chi connectivity index (χ0n) is 16.5. The van der Waals surface area contributed by atoms with Crippen molar-refractivity contribution < 1.29 is 24.4 Å². The molecule has 7 nitrogen and oxygen atoms in total. The molecule has 0 bridgehead atoms. The smallest absolute Gasteiger partial charge is 0.292 e. The number of aromatic nitrogens is 1. The Bertz CT molecular complexity index is 1040. The van der Waals surface area contributed by atoms with Crippen LogP contribution in [0, 0.1) is 0 Å². The van der Waals surface area contributed by atoms with Gasteiger partial charge in [0.05, 0.1) is 32.9 Å². The average Bonchev–Trinajstić information content (AvgIpc) is 3.28. The van der Waals surface area contributed by atoms with Gasteiger partial charge in [0.1, 0.15) is 11.5 Å². The van der Waals surface area contributed by atoms with Crippen molar-refractivity contribution in [1.29, 1.82) is 0 Å². The summed E-state index contributed by atoms with van der Waals surface area (Å²) in [6.45, 7) is 0.723. The number of methoxy groups -OCH3 is 2. The molecular formula is C22H24N3O4+. The van der Waals surface area contributed by atoms with Gasteiger partial charge in [0.2, 0.25) is 5.91 Å². The third-order valence-corrected chi connectivity index (χ3v) is 5.32. The number of carbonyl (C=O) groups excluding carboxylic acids is 2.